The number of sulfonamides is 1. The number of halogens is 1. The molecule has 0 saturated carbocycles. The number of anilines is 3. The maximum atomic E-state index is 15.6. The molecule has 6 heterocycles. The van der Waals surface area contributed by atoms with Gasteiger partial charge < -0.3 is 26.1 Å². The Morgan fingerprint density at radius 2 is 1.90 bits per heavy atom. The lowest BCUT2D eigenvalue weighted by atomic mass is 9.88. The van der Waals surface area contributed by atoms with E-state index in [-0.39, 0.29) is 58.8 Å². The summed E-state index contributed by atoms with van der Waals surface area (Å²) in [4.78, 5) is 36.8. The zero-order chi connectivity index (χ0) is 42.3. The summed E-state index contributed by atoms with van der Waals surface area (Å²) in [6, 6.07) is 9.58. The lowest BCUT2D eigenvalue weighted by molar-refractivity contribution is -0.120. The highest BCUT2D eigenvalue weighted by Crippen LogP contribution is 2.35. The van der Waals surface area contributed by atoms with Crippen LogP contribution < -0.4 is 26.0 Å². The fourth-order valence-corrected chi connectivity index (χ4v) is 9.91. The zero-order valence-electron chi connectivity index (χ0n) is 33.6. The second-order valence-electron chi connectivity index (χ2n) is 15.8. The predicted molar refractivity (Wildman–Crippen MR) is 223 cm³/mol. The highest BCUT2D eigenvalue weighted by atomic mass is 32.2. The summed E-state index contributed by atoms with van der Waals surface area (Å²) in [7, 11) is -2.12. The molecule has 20 heteroatoms. The van der Waals surface area contributed by atoms with Crippen molar-refractivity contribution in [1.29, 1.82) is 5.41 Å². The van der Waals surface area contributed by atoms with E-state index >= 15 is 4.39 Å². The first-order valence-electron chi connectivity index (χ1n) is 20.0. The molecule has 0 bridgehead atoms. The van der Waals surface area contributed by atoms with Crippen LogP contribution in [0, 0.1) is 17.1 Å². The van der Waals surface area contributed by atoms with Gasteiger partial charge in [-0.3, -0.25) is 19.7 Å². The van der Waals surface area contributed by atoms with Gasteiger partial charge in [-0.25, -0.2) is 22.6 Å². The van der Waals surface area contributed by atoms with Gasteiger partial charge in [0.25, 0.3) is 0 Å². The highest BCUT2D eigenvalue weighted by molar-refractivity contribution is 7.89. The molecule has 3 aromatic heterocycles. The maximum Gasteiger partial charge on any atom is 0.329 e. The topological polar surface area (TPSA) is 222 Å². The number of benzene rings is 2. The Hall–Kier alpha value is -5.99. The van der Waals surface area contributed by atoms with Crippen LogP contribution in [-0.4, -0.2) is 111 Å². The number of nitrogens with zero attached hydrogens (tertiary/aromatic N) is 9. The number of aromatic nitrogens is 6. The molecule has 5 aromatic rings. The number of nitrogens with one attached hydrogen (secondary N) is 3. The van der Waals surface area contributed by atoms with Gasteiger partial charge in [0.15, 0.2) is 11.6 Å². The van der Waals surface area contributed by atoms with Crippen molar-refractivity contribution in [2.45, 2.75) is 62.9 Å². The number of likely N-dealkylation sites (tertiary alicyclic amines) is 1. The van der Waals surface area contributed by atoms with E-state index in [4.69, 9.17) is 15.9 Å². The van der Waals surface area contributed by atoms with Crippen LogP contribution in [-0.2, 0) is 21.9 Å². The van der Waals surface area contributed by atoms with E-state index in [0.29, 0.717) is 42.5 Å². The van der Waals surface area contributed by atoms with Crippen molar-refractivity contribution >= 4 is 67.8 Å². The van der Waals surface area contributed by atoms with Crippen molar-refractivity contribution in [2.24, 2.45) is 18.7 Å². The number of urea groups is 1. The molecule has 18 nitrogen and oxygen atoms in total. The quantitative estimate of drug-likeness (QED) is 0.129. The van der Waals surface area contributed by atoms with Gasteiger partial charge in [0.05, 0.1) is 22.2 Å². The van der Waals surface area contributed by atoms with Crippen molar-refractivity contribution < 1.29 is 27.1 Å². The number of carbonyl (C=O) groups excluding carboxylic acids is 2. The lowest BCUT2D eigenvalue weighted by Crippen LogP contribution is -2.49. The minimum absolute atomic E-state index is 0.0125. The molecule has 0 aliphatic carbocycles. The van der Waals surface area contributed by atoms with Crippen LogP contribution in [0.15, 0.2) is 53.8 Å². The van der Waals surface area contributed by atoms with E-state index in [1.165, 1.54) is 43.9 Å². The summed E-state index contributed by atoms with van der Waals surface area (Å²) in [6.45, 7) is 7.20. The summed E-state index contributed by atoms with van der Waals surface area (Å²) in [5.74, 6) is 0.240. The number of ether oxygens (including phenoxy) is 1. The van der Waals surface area contributed by atoms with Crippen molar-refractivity contribution in [2.75, 3.05) is 49.5 Å². The summed E-state index contributed by atoms with van der Waals surface area (Å²) < 4.78 is 53.9. The number of imide groups is 1. The first kappa shape index (κ1) is 40.8. The molecule has 0 radical (unpaired) electrons. The third kappa shape index (κ3) is 8.01. The van der Waals surface area contributed by atoms with Gasteiger partial charge >= 0.3 is 6.03 Å². The summed E-state index contributed by atoms with van der Waals surface area (Å²) >= 11 is 0. The minimum atomic E-state index is -3.98. The molecular formula is C40H48FN13O5S. The molecule has 3 aliphatic heterocycles. The van der Waals surface area contributed by atoms with Crippen molar-refractivity contribution in [3.63, 3.8) is 0 Å². The predicted octanol–water partition coefficient (Wildman–Crippen LogP) is 4.36. The highest BCUT2D eigenvalue weighted by Gasteiger charge is 2.33. The van der Waals surface area contributed by atoms with Gasteiger partial charge in [0.1, 0.15) is 17.8 Å². The molecule has 3 aliphatic rings. The number of hydrogen-bond donors (Lipinski definition) is 4. The smallest absolute Gasteiger partial charge is 0.329 e. The molecule has 8 rings (SSSR count). The van der Waals surface area contributed by atoms with Crippen molar-refractivity contribution in [3.8, 4) is 5.75 Å². The number of amides is 3. The maximum absolute atomic E-state index is 15.6. The first-order chi connectivity index (χ1) is 28.8. The Bertz CT molecular complexity index is 2620. The monoisotopic (exact) mass is 841 g/mol. The second kappa shape index (κ2) is 16.6. The molecule has 1 atom stereocenters. The van der Waals surface area contributed by atoms with Crippen LogP contribution in [0.4, 0.5) is 26.6 Å². The molecule has 3 amide bonds. The number of fused-ring (bicyclic) bond motifs is 2. The molecule has 3 saturated heterocycles. The zero-order valence-corrected chi connectivity index (χ0v) is 34.5. The molecule has 3 fully saturated rings. The number of piperidine rings is 2. The van der Waals surface area contributed by atoms with Crippen LogP contribution >= 0.6 is 0 Å². The third-order valence-corrected chi connectivity index (χ3v) is 13.2. The summed E-state index contributed by atoms with van der Waals surface area (Å²) in [5, 5.41) is 22.7. The average Bonchev–Trinajstić information content (AvgIpc) is 3.80. The van der Waals surface area contributed by atoms with E-state index in [1.807, 2.05) is 27.0 Å². The largest absolute Gasteiger partial charge is 0.485 e. The molecular weight excluding hydrogens is 794 g/mol. The van der Waals surface area contributed by atoms with Crippen LogP contribution in [0.3, 0.4) is 0 Å². The van der Waals surface area contributed by atoms with Crippen LogP contribution in [0.5, 0.6) is 5.75 Å². The van der Waals surface area contributed by atoms with Crippen molar-refractivity contribution in [1.82, 2.24) is 43.9 Å². The van der Waals surface area contributed by atoms with Gasteiger partial charge in [0.2, 0.25) is 27.5 Å². The molecule has 60 heavy (non-hydrogen) atoms. The van der Waals surface area contributed by atoms with Gasteiger partial charge in [-0.05, 0) is 100 Å². The Morgan fingerprint density at radius 1 is 1.10 bits per heavy atom. The number of rotatable bonds is 12. The molecule has 5 N–H and O–H groups in total. The fraction of sp³-hybridized carbons (Fsp3) is 0.425. The SMILES string of the molecule is CC(C)Oc1c(/C(C=N)=C/N)ncn2nc(Nc3ccc(S(=O)(=O)N4CCCC(CN5CCC(c6ccc7c(N8CCC(=O)NC8=O)nn(C)c7c6)CC5)C4)cc3F)nc12. The minimum Gasteiger partial charge on any atom is -0.485 e. The third-order valence-electron chi connectivity index (χ3n) is 11.4. The van der Waals surface area contributed by atoms with Gasteiger partial charge in [0, 0.05) is 63.0 Å². The van der Waals surface area contributed by atoms with Gasteiger partial charge in [-0.1, -0.05) is 6.07 Å². The number of carbonyl (C=O) groups is 2. The Morgan fingerprint density at radius 3 is 2.62 bits per heavy atom. The average molecular weight is 842 g/mol. The number of aryl methyl sites for hydroxylation is 1. The second-order valence-corrected chi connectivity index (χ2v) is 17.7. The van der Waals surface area contributed by atoms with Crippen LogP contribution in [0.1, 0.15) is 63.1 Å². The Labute approximate surface area is 346 Å². The van der Waals surface area contributed by atoms with E-state index in [0.717, 1.165) is 62.1 Å². The van der Waals surface area contributed by atoms with Crippen LogP contribution in [0.2, 0.25) is 0 Å². The molecule has 1 unspecified atom stereocenters. The Balaban J connectivity index is 0.889. The van der Waals surface area contributed by atoms with Gasteiger partial charge in [-0.15, -0.1) is 5.10 Å². The number of allylic oxidation sites excluding steroid dienone is 1. The van der Waals surface area contributed by atoms with E-state index in [1.54, 1.807) is 4.68 Å². The van der Waals surface area contributed by atoms with E-state index in [2.05, 4.69) is 47.8 Å². The number of nitrogens with two attached hydrogens (primary N) is 1. The Kier molecular flexibility index (Phi) is 11.3. The summed E-state index contributed by atoms with van der Waals surface area (Å²) in [5.41, 5.74) is 8.71. The normalized spacial score (nSPS) is 19.1. The molecule has 2 aromatic carbocycles. The standard InChI is InChI=1S/C40H48FN13O5S/c1-24(2)59-36-35(28(19-42)20-43)44-23-54-38(36)47-39(49-54)45-32-9-7-29(18-31(32)41)60(57,58)52-13-4-5-25(22-52)21-51-14-10-26(11-15-51)27-6-8-30-33(17-27)50(3)48-37(30)53-16-12-34(55)46-40(53)56/h6-9,17-20,23-26,42H,4-5,10-16,21-22,43H2,1-3H3,(H,45,49)(H,46,55,56)/b28-20+,42-19?. The van der Waals surface area contributed by atoms with E-state index < -0.39 is 21.9 Å². The lowest BCUT2D eigenvalue weighted by Gasteiger charge is -2.38. The summed E-state index contributed by atoms with van der Waals surface area (Å²) in [6.07, 6.45) is 7.17. The van der Waals surface area contributed by atoms with Crippen LogP contribution in [0.25, 0.3) is 22.1 Å². The van der Waals surface area contributed by atoms with E-state index in [9.17, 15) is 18.0 Å². The van der Waals surface area contributed by atoms with Crippen molar-refractivity contribution in [3.05, 3.63) is 66.0 Å². The molecule has 316 valence electrons. The fourth-order valence-electron chi connectivity index (χ4n) is 8.34. The first-order valence-corrected chi connectivity index (χ1v) is 21.5. The molecule has 0 spiro atoms. The van der Waals surface area contributed by atoms with Gasteiger partial charge in [-0.2, -0.15) is 18.9 Å². The number of hydrogen-bond acceptors (Lipinski definition) is 13.